The van der Waals surface area contributed by atoms with Crippen LogP contribution in [0.5, 0.6) is 5.75 Å². The van der Waals surface area contributed by atoms with Gasteiger partial charge in [0.15, 0.2) is 5.78 Å². The molecule has 0 amide bonds. The minimum Gasteiger partial charge on any atom is -0.508 e. The highest BCUT2D eigenvalue weighted by Crippen LogP contribution is 2.34. The molecule has 1 unspecified atom stereocenters. The molecule has 0 spiro atoms. The van der Waals surface area contributed by atoms with Crippen molar-refractivity contribution in [2.45, 2.75) is 32.1 Å². The largest absolute Gasteiger partial charge is 0.508 e. The topological polar surface area (TPSA) is 101 Å². The average molecular weight is 306 g/mol. The first-order valence-electron chi connectivity index (χ1n) is 7.10. The van der Waals surface area contributed by atoms with E-state index in [4.69, 9.17) is 5.11 Å². The maximum atomic E-state index is 12.5. The van der Waals surface area contributed by atoms with Crippen LogP contribution in [0.4, 0.5) is 0 Å². The highest BCUT2D eigenvalue weighted by molar-refractivity contribution is 6.02. The number of ether oxygens (including phenoxy) is 1. The normalized spacial score (nSPS) is 17.0. The Labute approximate surface area is 127 Å². The predicted molar refractivity (Wildman–Crippen MR) is 76.8 cm³/mol. The summed E-state index contributed by atoms with van der Waals surface area (Å²) in [6.45, 7) is 0. The molecule has 2 rings (SSSR count). The summed E-state index contributed by atoms with van der Waals surface area (Å²) >= 11 is 0. The Morgan fingerprint density at radius 2 is 2.09 bits per heavy atom. The number of phenols is 1. The number of Topliss-reactive ketones (excluding diaryl/α,β-unsaturated/α-hetero) is 1. The summed E-state index contributed by atoms with van der Waals surface area (Å²) in [7, 11) is 1.28. The molecular formula is C16H18O6. The molecule has 0 bridgehead atoms. The number of carbonyl (C=O) groups is 3. The van der Waals surface area contributed by atoms with Gasteiger partial charge in [0, 0.05) is 17.9 Å². The molecule has 1 aliphatic carbocycles. The van der Waals surface area contributed by atoms with Gasteiger partial charge >= 0.3 is 11.9 Å². The Balaban J connectivity index is 2.28. The highest BCUT2D eigenvalue weighted by Gasteiger charge is 2.31. The molecule has 0 aromatic heterocycles. The Hall–Kier alpha value is -2.37. The van der Waals surface area contributed by atoms with Crippen molar-refractivity contribution in [2.24, 2.45) is 5.92 Å². The third-order valence-corrected chi connectivity index (χ3v) is 4.02. The van der Waals surface area contributed by atoms with Gasteiger partial charge in [0.1, 0.15) is 5.75 Å². The quantitative estimate of drug-likeness (QED) is 0.803. The van der Waals surface area contributed by atoms with Crippen molar-refractivity contribution in [3.63, 3.8) is 0 Å². The van der Waals surface area contributed by atoms with Crippen molar-refractivity contribution in [1.82, 2.24) is 0 Å². The van der Waals surface area contributed by atoms with E-state index in [1.54, 1.807) is 6.07 Å². The molecule has 0 fully saturated rings. The lowest BCUT2D eigenvalue weighted by Crippen LogP contribution is -2.26. The molecule has 118 valence electrons. The lowest BCUT2D eigenvalue weighted by molar-refractivity contribution is -0.141. The number of hydrogen-bond donors (Lipinski definition) is 2. The van der Waals surface area contributed by atoms with Crippen molar-refractivity contribution in [3.8, 4) is 5.75 Å². The number of hydrogen-bond acceptors (Lipinski definition) is 5. The zero-order valence-corrected chi connectivity index (χ0v) is 12.3. The van der Waals surface area contributed by atoms with Crippen LogP contribution >= 0.6 is 0 Å². The van der Waals surface area contributed by atoms with Gasteiger partial charge in [-0.25, -0.2) is 0 Å². The van der Waals surface area contributed by atoms with E-state index in [1.807, 2.05) is 0 Å². The third-order valence-electron chi connectivity index (χ3n) is 4.02. The van der Waals surface area contributed by atoms with Gasteiger partial charge in [-0.3, -0.25) is 14.4 Å². The maximum absolute atomic E-state index is 12.5. The van der Waals surface area contributed by atoms with Gasteiger partial charge in [0.05, 0.1) is 13.5 Å². The Bertz CT molecular complexity index is 619. The van der Waals surface area contributed by atoms with E-state index in [0.717, 1.165) is 0 Å². The van der Waals surface area contributed by atoms with Crippen LogP contribution < -0.4 is 0 Å². The SMILES string of the molecule is COC(=O)CC1CCc2c(ccc(O)c2CCC(=O)O)C1=O. The first kappa shape index (κ1) is 16.0. The summed E-state index contributed by atoms with van der Waals surface area (Å²) < 4.78 is 4.60. The van der Waals surface area contributed by atoms with Gasteiger partial charge < -0.3 is 14.9 Å². The fourth-order valence-corrected chi connectivity index (χ4v) is 2.86. The molecular weight excluding hydrogens is 288 g/mol. The molecule has 2 N–H and O–H groups in total. The van der Waals surface area contributed by atoms with Crippen LogP contribution in [0.25, 0.3) is 0 Å². The van der Waals surface area contributed by atoms with Gasteiger partial charge in [-0.15, -0.1) is 0 Å². The second kappa shape index (κ2) is 6.60. The lowest BCUT2D eigenvalue weighted by atomic mass is 9.78. The number of carbonyl (C=O) groups excluding carboxylic acids is 2. The van der Waals surface area contributed by atoms with Gasteiger partial charge in [-0.1, -0.05) is 0 Å². The molecule has 0 radical (unpaired) electrons. The number of methoxy groups -OCH3 is 1. The van der Waals surface area contributed by atoms with Crippen LogP contribution in [-0.2, 0) is 27.2 Å². The fraction of sp³-hybridized carbons (Fsp3) is 0.438. The number of aromatic hydroxyl groups is 1. The molecule has 0 aliphatic heterocycles. The monoisotopic (exact) mass is 306 g/mol. The number of aliphatic carboxylic acids is 1. The zero-order chi connectivity index (χ0) is 16.3. The molecule has 1 aliphatic rings. The van der Waals surface area contributed by atoms with Crippen LogP contribution in [0.1, 0.15) is 40.7 Å². The second-order valence-corrected chi connectivity index (χ2v) is 5.36. The van der Waals surface area contributed by atoms with Crippen LogP contribution in [0.3, 0.4) is 0 Å². The van der Waals surface area contributed by atoms with Gasteiger partial charge in [0.25, 0.3) is 0 Å². The fourth-order valence-electron chi connectivity index (χ4n) is 2.86. The number of carboxylic acids is 1. The van der Waals surface area contributed by atoms with E-state index < -0.39 is 17.9 Å². The number of benzene rings is 1. The number of esters is 1. The van der Waals surface area contributed by atoms with Crippen LogP contribution in [-0.4, -0.2) is 35.0 Å². The number of carboxylic acid groups (broad SMARTS) is 1. The third kappa shape index (κ3) is 3.27. The van der Waals surface area contributed by atoms with E-state index in [2.05, 4.69) is 4.74 Å². The van der Waals surface area contributed by atoms with E-state index in [-0.39, 0.29) is 30.8 Å². The molecule has 1 aromatic carbocycles. The van der Waals surface area contributed by atoms with Crippen molar-refractivity contribution >= 4 is 17.7 Å². The lowest BCUT2D eigenvalue weighted by Gasteiger charge is -2.25. The number of ketones is 1. The summed E-state index contributed by atoms with van der Waals surface area (Å²) in [6, 6.07) is 2.95. The Morgan fingerprint density at radius 3 is 2.73 bits per heavy atom. The number of rotatable bonds is 5. The van der Waals surface area contributed by atoms with Gasteiger partial charge in [0.2, 0.25) is 0 Å². The van der Waals surface area contributed by atoms with E-state index >= 15 is 0 Å². The van der Waals surface area contributed by atoms with E-state index in [9.17, 15) is 19.5 Å². The minimum atomic E-state index is -0.956. The summed E-state index contributed by atoms with van der Waals surface area (Å²) in [4.78, 5) is 34.5. The predicted octanol–water partition coefficient (Wildman–Crippen LogP) is 1.72. The Kier molecular flexibility index (Phi) is 4.80. The smallest absolute Gasteiger partial charge is 0.306 e. The number of phenolic OH excluding ortho intramolecular Hbond substituents is 1. The minimum absolute atomic E-state index is 0.0132. The van der Waals surface area contributed by atoms with E-state index in [1.165, 1.54) is 13.2 Å². The molecule has 1 atom stereocenters. The number of fused-ring (bicyclic) bond motifs is 1. The standard InChI is InChI=1S/C16H18O6/c1-22-15(20)8-9-2-3-10-11(5-7-14(18)19)13(17)6-4-12(10)16(9)21/h4,6,9,17H,2-3,5,7-8H2,1H3,(H,18,19). The van der Waals surface area contributed by atoms with Crippen molar-refractivity contribution in [3.05, 3.63) is 28.8 Å². The van der Waals surface area contributed by atoms with Crippen LogP contribution in [0, 0.1) is 5.92 Å². The molecule has 0 saturated heterocycles. The average Bonchev–Trinajstić information content (AvgIpc) is 2.48. The summed E-state index contributed by atoms with van der Waals surface area (Å²) in [6.07, 6.45) is 1.14. The molecule has 6 nitrogen and oxygen atoms in total. The van der Waals surface area contributed by atoms with Crippen molar-refractivity contribution in [1.29, 1.82) is 0 Å². The maximum Gasteiger partial charge on any atom is 0.306 e. The molecule has 0 saturated carbocycles. The van der Waals surface area contributed by atoms with E-state index in [0.29, 0.717) is 29.5 Å². The van der Waals surface area contributed by atoms with Crippen LogP contribution in [0.2, 0.25) is 0 Å². The first-order valence-corrected chi connectivity index (χ1v) is 7.10. The summed E-state index contributed by atoms with van der Waals surface area (Å²) in [5, 5.41) is 18.7. The van der Waals surface area contributed by atoms with Crippen molar-refractivity contribution in [2.75, 3.05) is 7.11 Å². The Morgan fingerprint density at radius 1 is 1.36 bits per heavy atom. The summed E-state index contributed by atoms with van der Waals surface area (Å²) in [5.74, 6) is -1.94. The molecule has 22 heavy (non-hydrogen) atoms. The second-order valence-electron chi connectivity index (χ2n) is 5.36. The molecule has 0 heterocycles. The van der Waals surface area contributed by atoms with Gasteiger partial charge in [-0.2, -0.15) is 0 Å². The first-order chi connectivity index (χ1) is 10.4. The zero-order valence-electron chi connectivity index (χ0n) is 12.3. The molecule has 6 heteroatoms. The molecule has 1 aromatic rings. The summed E-state index contributed by atoms with van der Waals surface area (Å²) in [5.41, 5.74) is 1.69. The highest BCUT2D eigenvalue weighted by atomic mass is 16.5. The van der Waals surface area contributed by atoms with Crippen molar-refractivity contribution < 1.29 is 29.3 Å². The van der Waals surface area contributed by atoms with Crippen LogP contribution in [0.15, 0.2) is 12.1 Å². The van der Waals surface area contributed by atoms with Gasteiger partial charge in [-0.05, 0) is 42.5 Å².